The van der Waals surface area contributed by atoms with E-state index in [4.69, 9.17) is 5.26 Å². The summed E-state index contributed by atoms with van der Waals surface area (Å²) < 4.78 is 60.6. The van der Waals surface area contributed by atoms with Gasteiger partial charge in [-0.2, -0.15) is 5.26 Å². The molecule has 0 N–H and O–H groups in total. The van der Waals surface area contributed by atoms with Crippen LogP contribution in [0.1, 0.15) is 86.0 Å². The van der Waals surface area contributed by atoms with Crippen LogP contribution in [0.25, 0.3) is 0 Å². The fourth-order valence-corrected chi connectivity index (χ4v) is 2.64. The van der Waals surface area contributed by atoms with E-state index < -0.39 is 7.81 Å². The van der Waals surface area contributed by atoms with E-state index in [1.165, 1.54) is 89.0 Å². The molecule has 0 saturated heterocycles. The van der Waals surface area contributed by atoms with Crippen LogP contribution < -0.4 is 0 Å². The molecule has 0 spiro atoms. The molecule has 0 aromatic carbocycles. The molecule has 0 rings (SSSR count). The van der Waals surface area contributed by atoms with Gasteiger partial charge in [0.05, 0.1) is 32.2 Å². The van der Waals surface area contributed by atoms with E-state index in [0.717, 1.165) is 0 Å². The predicted molar refractivity (Wildman–Crippen MR) is 104 cm³/mol. The number of quaternary nitrogens is 1. The number of halogens is 6. The van der Waals surface area contributed by atoms with Crippen molar-refractivity contribution in [1.82, 2.24) is 0 Å². The maximum atomic E-state index is 9.87. The average Bonchev–Trinajstić information content (AvgIpc) is 2.51. The van der Waals surface area contributed by atoms with Crippen LogP contribution >= 0.6 is 7.81 Å². The van der Waals surface area contributed by atoms with Crippen molar-refractivity contribution in [2.24, 2.45) is 0 Å². The van der Waals surface area contributed by atoms with E-state index >= 15 is 0 Å². The number of unbranched alkanes of at least 4 members (excludes halogenated alkanes) is 4. The Morgan fingerprint density at radius 2 is 0.778 bits per heavy atom. The predicted octanol–water partition coefficient (Wildman–Crippen LogP) is 8.92. The van der Waals surface area contributed by atoms with Gasteiger partial charge in [-0.15, -0.1) is 0 Å². The van der Waals surface area contributed by atoms with E-state index in [9.17, 15) is 25.2 Å². The second-order valence-corrected chi connectivity index (χ2v) is 8.75. The molecule has 0 aromatic rings. The molecule has 9 heteroatoms. The average molecular weight is 428 g/mol. The first kappa shape index (κ1) is 31.2. The van der Waals surface area contributed by atoms with Crippen LogP contribution in [0.2, 0.25) is 0 Å². The number of nitrogens with zero attached hydrogens (tertiary/aromatic N) is 2. The molecule has 0 fully saturated rings. The molecule has 0 aliphatic rings. The van der Waals surface area contributed by atoms with E-state index in [0.29, 0.717) is 0 Å². The van der Waals surface area contributed by atoms with Crippen molar-refractivity contribution in [1.29, 1.82) is 5.26 Å². The molecule has 0 atom stereocenters. The van der Waals surface area contributed by atoms with Gasteiger partial charge >= 0.3 is 33.0 Å². The molecule has 0 aliphatic carbocycles. The van der Waals surface area contributed by atoms with Crippen molar-refractivity contribution in [3.8, 4) is 6.07 Å². The third-order valence-corrected chi connectivity index (χ3v) is 3.94. The second-order valence-electron chi connectivity index (χ2n) is 6.83. The fourth-order valence-electron chi connectivity index (χ4n) is 2.64. The van der Waals surface area contributed by atoms with Crippen molar-refractivity contribution in [2.45, 2.75) is 86.0 Å². The summed E-state index contributed by atoms with van der Waals surface area (Å²) in [6.45, 7) is 16.4. The molecule has 0 aliphatic heterocycles. The summed E-state index contributed by atoms with van der Waals surface area (Å²) in [4.78, 5) is 0. The Bertz CT molecular complexity index is 340. The van der Waals surface area contributed by atoms with Gasteiger partial charge in [-0.25, -0.2) is 0 Å². The molecule has 0 bridgehead atoms. The molecular formula is C18H39F6N2P. The van der Waals surface area contributed by atoms with Crippen LogP contribution in [0.15, 0.2) is 0 Å². The van der Waals surface area contributed by atoms with Gasteiger partial charge in [0.1, 0.15) is 0 Å². The molecule has 0 unspecified atom stereocenters. The van der Waals surface area contributed by atoms with Crippen LogP contribution in [0.3, 0.4) is 0 Å². The van der Waals surface area contributed by atoms with Crippen molar-refractivity contribution in [2.75, 3.05) is 26.2 Å². The molecular weight excluding hydrogens is 389 g/mol. The van der Waals surface area contributed by atoms with Gasteiger partial charge in [-0.1, -0.05) is 53.4 Å². The standard InChI is InChI=1S/C16H36N.C2H3N.F6P/c1-5-9-13-17(14-10-6-2,15-11-7-3)16-12-8-4;1-2-3;1-7(2,3,4,5)6/h5-16H2,1-4H3;1H3;/q+1;;-1. The quantitative estimate of drug-likeness (QED) is 0.173. The van der Waals surface area contributed by atoms with Gasteiger partial charge in [0.15, 0.2) is 0 Å². The summed E-state index contributed by atoms with van der Waals surface area (Å²) >= 11 is 0. The van der Waals surface area contributed by atoms with Crippen LogP contribution in [-0.4, -0.2) is 30.7 Å². The summed E-state index contributed by atoms with van der Waals surface area (Å²) in [5.41, 5.74) is 0. The molecule has 0 aromatic heterocycles. The zero-order valence-electron chi connectivity index (χ0n) is 17.6. The SMILES string of the molecule is CC#N.CCCC[N+](CCCC)(CCCC)CCCC.F[P-](F)(F)(F)(F)F. The van der Waals surface area contributed by atoms with Gasteiger partial charge in [-0.05, 0) is 25.7 Å². The topological polar surface area (TPSA) is 23.8 Å². The van der Waals surface area contributed by atoms with E-state index in [-0.39, 0.29) is 0 Å². The van der Waals surface area contributed by atoms with Gasteiger partial charge in [0.25, 0.3) is 0 Å². The molecule has 0 heterocycles. The first-order chi connectivity index (χ1) is 12.1. The van der Waals surface area contributed by atoms with Crippen LogP contribution in [0, 0.1) is 11.3 Å². The van der Waals surface area contributed by atoms with Gasteiger partial charge in [0.2, 0.25) is 0 Å². The number of rotatable bonds is 12. The Balaban J connectivity index is -0.000000476. The summed E-state index contributed by atoms with van der Waals surface area (Å²) in [5.74, 6) is 0. The Labute approximate surface area is 161 Å². The summed E-state index contributed by atoms with van der Waals surface area (Å²) in [6, 6.07) is 1.75. The van der Waals surface area contributed by atoms with E-state index in [1.54, 1.807) is 6.07 Å². The molecule has 0 saturated carbocycles. The number of hydrogen-bond donors (Lipinski definition) is 0. The zero-order valence-corrected chi connectivity index (χ0v) is 18.5. The molecule has 0 amide bonds. The Morgan fingerprint density at radius 3 is 0.889 bits per heavy atom. The van der Waals surface area contributed by atoms with E-state index in [2.05, 4.69) is 27.7 Å². The van der Waals surface area contributed by atoms with Crippen LogP contribution in [0.5, 0.6) is 0 Å². The van der Waals surface area contributed by atoms with Crippen molar-refractivity contribution >= 4 is 7.81 Å². The summed E-state index contributed by atoms with van der Waals surface area (Å²) in [6.07, 6.45) is 11.1. The monoisotopic (exact) mass is 428 g/mol. The normalized spacial score (nSPS) is 13.9. The third-order valence-electron chi connectivity index (χ3n) is 3.94. The van der Waals surface area contributed by atoms with Crippen molar-refractivity contribution in [3.05, 3.63) is 0 Å². The minimum absolute atomic E-state index is 1.35. The zero-order chi connectivity index (χ0) is 22.1. The number of nitriles is 1. The van der Waals surface area contributed by atoms with Crippen LogP contribution in [-0.2, 0) is 0 Å². The first-order valence-corrected chi connectivity index (χ1v) is 11.9. The second kappa shape index (κ2) is 13.6. The molecule has 2 nitrogen and oxygen atoms in total. The van der Waals surface area contributed by atoms with Crippen molar-refractivity contribution in [3.63, 3.8) is 0 Å². The summed E-state index contributed by atoms with van der Waals surface area (Å²) in [7, 11) is -10.7. The van der Waals surface area contributed by atoms with E-state index in [1.807, 2.05) is 0 Å². The van der Waals surface area contributed by atoms with Crippen LogP contribution in [0.4, 0.5) is 25.2 Å². The first-order valence-electron chi connectivity index (χ1n) is 9.83. The fraction of sp³-hybridized carbons (Fsp3) is 0.944. The summed E-state index contributed by atoms with van der Waals surface area (Å²) in [5, 5.41) is 7.32. The Hall–Kier alpha value is -0.540. The van der Waals surface area contributed by atoms with Crippen molar-refractivity contribution < 1.29 is 29.7 Å². The Kier molecular flexibility index (Phi) is 15.7. The molecule has 0 radical (unpaired) electrons. The molecule has 168 valence electrons. The maximum absolute atomic E-state index is 10.7. The Morgan fingerprint density at radius 1 is 0.630 bits per heavy atom. The van der Waals surface area contributed by atoms with Gasteiger partial charge < -0.3 is 4.48 Å². The molecule has 27 heavy (non-hydrogen) atoms. The minimum atomic E-state index is -10.7. The van der Waals surface area contributed by atoms with Gasteiger partial charge in [-0.3, -0.25) is 0 Å². The van der Waals surface area contributed by atoms with Gasteiger partial charge in [0, 0.05) is 6.92 Å². The number of hydrogen-bond acceptors (Lipinski definition) is 1. The third kappa shape index (κ3) is 37.0.